The minimum atomic E-state index is -3.97. The lowest BCUT2D eigenvalue weighted by Crippen LogP contribution is -2.51. The average Bonchev–Trinajstić information content (AvgIpc) is 3.07. The van der Waals surface area contributed by atoms with Crippen LogP contribution in [-0.2, 0) is 6.42 Å². The number of aryl methyl sites for hydroxylation is 1. The first-order valence-electron chi connectivity index (χ1n) is 10.4. The number of hydrogen-bond acceptors (Lipinski definition) is 1. The summed E-state index contributed by atoms with van der Waals surface area (Å²) in [7, 11) is 0. The molecule has 152 valence electrons. The van der Waals surface area contributed by atoms with Crippen LogP contribution in [0.1, 0.15) is 67.8 Å². The molecule has 0 amide bonds. The molecule has 6 heteroatoms. The number of aromatic nitrogens is 2. The standard InChI is InChI=1S/C23H28BF2N3/c1-8-19-14(4)22-21(18-10-13(3)11-27-12-18)23-15(5)20(9-2)17(7)29(23)24(25,26)28(22)16(19)6/h10-12H,8-9H2,1-7H3. The lowest BCUT2D eigenvalue weighted by molar-refractivity contribution is -0.363. The molecule has 4 heterocycles. The van der Waals surface area contributed by atoms with E-state index in [2.05, 4.69) is 4.98 Å². The molecule has 0 radical (unpaired) electrons. The molecule has 0 spiro atoms. The van der Waals surface area contributed by atoms with Gasteiger partial charge < -0.3 is 17.6 Å². The number of fused-ring (bicyclic) bond motifs is 2. The van der Waals surface area contributed by atoms with Crippen LogP contribution in [0.15, 0.2) is 35.3 Å². The Balaban J connectivity index is 2.24. The summed E-state index contributed by atoms with van der Waals surface area (Å²) in [5.74, 6) is 0. The maximum Gasteiger partial charge on any atom is 0.737 e. The lowest BCUT2D eigenvalue weighted by Gasteiger charge is -2.34. The van der Waals surface area contributed by atoms with Gasteiger partial charge in [0.15, 0.2) is 5.70 Å². The Hall–Kier alpha value is -2.50. The summed E-state index contributed by atoms with van der Waals surface area (Å²) in [6.45, 7) is 9.70. The second kappa shape index (κ2) is 6.51. The van der Waals surface area contributed by atoms with Gasteiger partial charge in [-0.05, 0) is 69.0 Å². The molecule has 2 aliphatic heterocycles. The van der Waals surface area contributed by atoms with Gasteiger partial charge in [-0.3, -0.25) is 4.98 Å². The number of halogens is 2. The molecular weight excluding hydrogens is 367 g/mol. The lowest BCUT2D eigenvalue weighted by atomic mass is 9.84. The predicted octanol–water partition coefficient (Wildman–Crippen LogP) is 5.58. The number of allylic oxidation sites excluding steroid dienone is 2. The average molecular weight is 395 g/mol. The quantitative estimate of drug-likeness (QED) is 0.622. The molecular formula is C23H28BF2N3. The predicted molar refractivity (Wildman–Crippen MR) is 116 cm³/mol. The van der Waals surface area contributed by atoms with E-state index < -0.39 is 6.97 Å². The van der Waals surface area contributed by atoms with Crippen LogP contribution in [0.4, 0.5) is 8.63 Å². The first kappa shape index (κ1) is 19.8. The fraction of sp³-hybridized carbons (Fsp3) is 0.391. The summed E-state index contributed by atoms with van der Waals surface area (Å²) in [4.78, 5) is 4.38. The van der Waals surface area contributed by atoms with E-state index in [0.717, 1.165) is 51.8 Å². The van der Waals surface area contributed by atoms with Gasteiger partial charge in [-0.2, -0.15) is 0 Å². The summed E-state index contributed by atoms with van der Waals surface area (Å²) < 4.78 is 34.8. The topological polar surface area (TPSA) is 20.8 Å². The first-order valence-corrected chi connectivity index (χ1v) is 10.4. The minimum Gasteiger partial charge on any atom is -0.393 e. The van der Waals surface area contributed by atoms with E-state index in [1.807, 2.05) is 54.5 Å². The van der Waals surface area contributed by atoms with E-state index in [9.17, 15) is 0 Å². The first-order chi connectivity index (χ1) is 13.7. The second-order valence-electron chi connectivity index (χ2n) is 8.24. The van der Waals surface area contributed by atoms with Crippen molar-refractivity contribution in [3.05, 3.63) is 68.9 Å². The molecule has 0 N–H and O–H groups in total. The van der Waals surface area contributed by atoms with E-state index in [1.54, 1.807) is 12.4 Å². The smallest absolute Gasteiger partial charge is 0.393 e. The van der Waals surface area contributed by atoms with Crippen molar-refractivity contribution in [2.24, 2.45) is 0 Å². The van der Waals surface area contributed by atoms with E-state index in [4.69, 9.17) is 0 Å². The molecule has 0 bridgehead atoms. The third-order valence-electron chi connectivity index (χ3n) is 6.66. The Bertz CT molecular complexity index is 1150. The Kier molecular flexibility index (Phi) is 4.45. The van der Waals surface area contributed by atoms with E-state index in [-0.39, 0.29) is 0 Å². The van der Waals surface area contributed by atoms with Crippen LogP contribution >= 0.6 is 0 Å². The largest absolute Gasteiger partial charge is 0.737 e. The van der Waals surface area contributed by atoms with Gasteiger partial charge in [0.05, 0.1) is 5.57 Å². The number of rotatable bonds is 3. The molecule has 0 unspecified atom stereocenters. The van der Waals surface area contributed by atoms with Crippen LogP contribution in [0.2, 0.25) is 0 Å². The molecule has 4 rings (SSSR count). The van der Waals surface area contributed by atoms with Gasteiger partial charge in [0.1, 0.15) is 5.71 Å². The molecule has 3 nitrogen and oxygen atoms in total. The maximum absolute atomic E-state index is 16.1. The van der Waals surface area contributed by atoms with Gasteiger partial charge in [-0.1, -0.05) is 13.8 Å². The highest BCUT2D eigenvalue weighted by molar-refractivity contribution is 6.58. The molecule has 0 aromatic carbocycles. The Morgan fingerprint density at radius 3 is 2.31 bits per heavy atom. The molecule has 0 saturated carbocycles. The molecule has 29 heavy (non-hydrogen) atoms. The van der Waals surface area contributed by atoms with Crippen LogP contribution in [0.3, 0.4) is 0 Å². The molecule has 0 saturated heterocycles. The van der Waals surface area contributed by atoms with Crippen LogP contribution in [0.5, 0.6) is 0 Å². The number of nitrogens with zero attached hydrogens (tertiary/aromatic N) is 3. The summed E-state index contributed by atoms with van der Waals surface area (Å²) in [6, 6.07) is 2.05. The van der Waals surface area contributed by atoms with Crippen molar-refractivity contribution in [3.8, 4) is 0 Å². The van der Waals surface area contributed by atoms with Crippen molar-refractivity contribution in [3.63, 3.8) is 0 Å². The molecule has 0 fully saturated rings. The van der Waals surface area contributed by atoms with Gasteiger partial charge in [0, 0.05) is 41.7 Å². The Morgan fingerprint density at radius 1 is 1.03 bits per heavy atom. The van der Waals surface area contributed by atoms with Crippen LogP contribution < -0.4 is 0 Å². The molecule has 0 aliphatic carbocycles. The van der Waals surface area contributed by atoms with Crippen molar-refractivity contribution in [2.75, 3.05) is 0 Å². The second-order valence-corrected chi connectivity index (χ2v) is 8.24. The van der Waals surface area contributed by atoms with E-state index in [0.29, 0.717) is 22.8 Å². The maximum atomic E-state index is 16.1. The summed E-state index contributed by atoms with van der Waals surface area (Å²) in [5.41, 5.74) is 9.32. The summed E-state index contributed by atoms with van der Waals surface area (Å²) >= 11 is 0. The van der Waals surface area contributed by atoms with E-state index in [1.165, 1.54) is 8.96 Å². The third-order valence-corrected chi connectivity index (χ3v) is 6.66. The van der Waals surface area contributed by atoms with Gasteiger partial charge >= 0.3 is 6.97 Å². The number of hydrogen-bond donors (Lipinski definition) is 0. The molecule has 2 aliphatic rings. The van der Waals surface area contributed by atoms with Crippen molar-refractivity contribution in [2.45, 2.75) is 61.3 Å². The van der Waals surface area contributed by atoms with E-state index >= 15 is 8.63 Å². The molecule has 0 atom stereocenters. The highest BCUT2D eigenvalue weighted by Crippen LogP contribution is 2.46. The van der Waals surface area contributed by atoms with Crippen molar-refractivity contribution in [1.82, 2.24) is 9.46 Å². The summed E-state index contributed by atoms with van der Waals surface area (Å²) in [6.07, 6.45) is 5.06. The molecule has 2 aromatic heterocycles. The highest BCUT2D eigenvalue weighted by Gasteiger charge is 2.56. The van der Waals surface area contributed by atoms with Crippen molar-refractivity contribution in [1.29, 1.82) is 0 Å². The SMILES string of the molecule is CCC1=C(C)C2=C(c3cncc(C)c3)c3c(C)c(CC)c(C)n3[B-](F)(F)[N+]2=C1C. The monoisotopic (exact) mass is 395 g/mol. The minimum absolute atomic E-state index is 0.646. The van der Waals surface area contributed by atoms with Gasteiger partial charge in [0.2, 0.25) is 0 Å². The normalized spacial score (nSPS) is 18.0. The third kappa shape index (κ3) is 2.47. The zero-order chi connectivity index (χ0) is 21.2. The zero-order valence-corrected chi connectivity index (χ0v) is 18.3. The number of pyridine rings is 1. The van der Waals surface area contributed by atoms with Crippen molar-refractivity contribution >= 4 is 18.3 Å². The molecule has 2 aromatic rings. The fourth-order valence-corrected chi connectivity index (χ4v) is 5.44. The Morgan fingerprint density at radius 2 is 1.72 bits per heavy atom. The fourth-order valence-electron chi connectivity index (χ4n) is 5.44. The van der Waals surface area contributed by atoms with Gasteiger partial charge in [-0.15, -0.1) is 0 Å². The van der Waals surface area contributed by atoms with Gasteiger partial charge in [0.25, 0.3) is 0 Å². The Labute approximate surface area is 171 Å². The van der Waals surface area contributed by atoms with Crippen LogP contribution in [-0.4, -0.2) is 26.6 Å². The van der Waals surface area contributed by atoms with Crippen molar-refractivity contribution < 1.29 is 13.1 Å². The van der Waals surface area contributed by atoms with Crippen LogP contribution in [0.25, 0.3) is 5.57 Å². The zero-order valence-electron chi connectivity index (χ0n) is 18.3. The summed E-state index contributed by atoms with van der Waals surface area (Å²) in [5, 5.41) is 0. The van der Waals surface area contributed by atoms with Gasteiger partial charge in [-0.25, -0.2) is 0 Å². The van der Waals surface area contributed by atoms with Crippen LogP contribution in [0, 0.1) is 20.8 Å². The highest BCUT2D eigenvalue weighted by atomic mass is 19.2.